The Hall–Kier alpha value is -2.21. The van der Waals surface area contributed by atoms with Crippen LogP contribution in [0.25, 0.3) is 0 Å². The monoisotopic (exact) mass is 371 g/mol. The third-order valence-corrected chi connectivity index (χ3v) is 5.81. The summed E-state index contributed by atoms with van der Waals surface area (Å²) >= 11 is 1.59. The molecule has 6 heteroatoms. The van der Waals surface area contributed by atoms with Crippen LogP contribution in [0.4, 0.5) is 5.13 Å². The molecule has 1 aromatic carbocycles. The van der Waals surface area contributed by atoms with Crippen molar-refractivity contribution in [1.29, 1.82) is 0 Å². The Morgan fingerprint density at radius 1 is 1.31 bits per heavy atom. The van der Waals surface area contributed by atoms with Gasteiger partial charge >= 0.3 is 0 Å². The number of hydrogen-bond donors (Lipinski definition) is 2. The lowest BCUT2D eigenvalue weighted by Crippen LogP contribution is -2.35. The van der Waals surface area contributed by atoms with Crippen LogP contribution in [0.1, 0.15) is 54.0 Å². The molecule has 0 fully saturated rings. The highest BCUT2D eigenvalue weighted by Gasteiger charge is 2.22. The van der Waals surface area contributed by atoms with Gasteiger partial charge in [0.25, 0.3) is 5.91 Å². The van der Waals surface area contributed by atoms with Crippen LogP contribution in [-0.2, 0) is 17.6 Å². The van der Waals surface area contributed by atoms with E-state index in [0.29, 0.717) is 10.7 Å². The first kappa shape index (κ1) is 18.6. The molecular weight excluding hydrogens is 346 g/mol. The van der Waals surface area contributed by atoms with Crippen molar-refractivity contribution in [2.24, 2.45) is 5.92 Å². The number of benzene rings is 1. The topological polar surface area (TPSA) is 71.1 Å². The standard InChI is InChI=1S/C20H25N3O2S/c1-3-14-9-10-16-17(12-14)26-20(22-16)23-18(24)11-13(2)21-19(25)15-7-5-4-6-8-15/h4-8,13-14H,3,9-12H2,1-2H3,(H,21,25)(H,22,23,24). The first-order chi connectivity index (χ1) is 12.5. The molecule has 138 valence electrons. The minimum Gasteiger partial charge on any atom is -0.349 e. The minimum absolute atomic E-state index is 0.121. The van der Waals surface area contributed by atoms with E-state index >= 15 is 0 Å². The number of thiazole rings is 1. The summed E-state index contributed by atoms with van der Waals surface area (Å²) in [5.74, 6) is 0.449. The highest BCUT2D eigenvalue weighted by Crippen LogP contribution is 2.33. The molecule has 2 atom stereocenters. The van der Waals surface area contributed by atoms with Gasteiger partial charge in [-0.05, 0) is 44.2 Å². The van der Waals surface area contributed by atoms with E-state index in [9.17, 15) is 9.59 Å². The number of aryl methyl sites for hydroxylation is 1. The van der Waals surface area contributed by atoms with Crippen LogP contribution in [0.3, 0.4) is 0 Å². The third-order valence-electron chi connectivity index (χ3n) is 4.77. The van der Waals surface area contributed by atoms with Crippen molar-refractivity contribution in [1.82, 2.24) is 10.3 Å². The first-order valence-electron chi connectivity index (χ1n) is 9.19. The fourth-order valence-corrected chi connectivity index (χ4v) is 4.38. The van der Waals surface area contributed by atoms with Crippen LogP contribution >= 0.6 is 11.3 Å². The van der Waals surface area contributed by atoms with E-state index < -0.39 is 0 Å². The molecule has 0 radical (unpaired) electrons. The van der Waals surface area contributed by atoms with E-state index in [1.165, 1.54) is 17.7 Å². The van der Waals surface area contributed by atoms with E-state index in [1.54, 1.807) is 23.5 Å². The third kappa shape index (κ3) is 4.69. The number of hydrogen-bond acceptors (Lipinski definition) is 4. The Morgan fingerprint density at radius 3 is 2.81 bits per heavy atom. The van der Waals surface area contributed by atoms with Gasteiger partial charge < -0.3 is 10.6 Å². The van der Waals surface area contributed by atoms with Crippen molar-refractivity contribution in [3.8, 4) is 0 Å². The Labute approximate surface area is 158 Å². The van der Waals surface area contributed by atoms with Gasteiger partial charge in [0, 0.05) is 22.9 Å². The average molecular weight is 372 g/mol. The molecule has 1 heterocycles. The highest BCUT2D eigenvalue weighted by molar-refractivity contribution is 7.15. The number of nitrogens with zero attached hydrogens (tertiary/aromatic N) is 1. The van der Waals surface area contributed by atoms with Crippen LogP contribution < -0.4 is 10.6 Å². The van der Waals surface area contributed by atoms with E-state index in [1.807, 2.05) is 25.1 Å². The number of carbonyl (C=O) groups excluding carboxylic acids is 2. The average Bonchev–Trinajstić information content (AvgIpc) is 3.03. The fourth-order valence-electron chi connectivity index (χ4n) is 3.24. The summed E-state index contributed by atoms with van der Waals surface area (Å²) < 4.78 is 0. The maximum atomic E-state index is 12.3. The molecule has 3 rings (SSSR count). The Morgan fingerprint density at radius 2 is 2.08 bits per heavy atom. The van der Waals surface area contributed by atoms with Crippen molar-refractivity contribution in [2.75, 3.05) is 5.32 Å². The van der Waals surface area contributed by atoms with Crippen molar-refractivity contribution in [2.45, 2.75) is 52.0 Å². The molecule has 2 unspecified atom stereocenters. The lowest BCUT2D eigenvalue weighted by Gasteiger charge is -2.18. The van der Waals surface area contributed by atoms with Crippen LogP contribution in [0.2, 0.25) is 0 Å². The molecule has 0 saturated heterocycles. The van der Waals surface area contributed by atoms with E-state index in [4.69, 9.17) is 0 Å². The van der Waals surface area contributed by atoms with Crippen LogP contribution in [-0.4, -0.2) is 22.8 Å². The molecule has 1 aliphatic carbocycles. The Balaban J connectivity index is 1.51. The normalized spacial score (nSPS) is 17.2. The Bertz CT molecular complexity index is 773. The summed E-state index contributed by atoms with van der Waals surface area (Å²) in [7, 11) is 0. The zero-order chi connectivity index (χ0) is 18.5. The number of anilines is 1. The zero-order valence-corrected chi connectivity index (χ0v) is 16.1. The van der Waals surface area contributed by atoms with Gasteiger partial charge in [-0.3, -0.25) is 9.59 Å². The molecule has 1 aromatic heterocycles. The van der Waals surface area contributed by atoms with Crippen molar-refractivity contribution in [3.63, 3.8) is 0 Å². The molecule has 1 aliphatic rings. The number of aromatic nitrogens is 1. The number of carbonyl (C=O) groups is 2. The minimum atomic E-state index is -0.248. The molecular formula is C20H25N3O2S. The lowest BCUT2D eigenvalue weighted by molar-refractivity contribution is -0.116. The molecule has 2 N–H and O–H groups in total. The second-order valence-corrected chi connectivity index (χ2v) is 7.98. The van der Waals surface area contributed by atoms with E-state index in [2.05, 4.69) is 22.5 Å². The van der Waals surface area contributed by atoms with E-state index in [-0.39, 0.29) is 24.3 Å². The van der Waals surface area contributed by atoms with Gasteiger partial charge in [-0.2, -0.15) is 0 Å². The highest BCUT2D eigenvalue weighted by atomic mass is 32.1. The van der Waals surface area contributed by atoms with Gasteiger partial charge in [0.05, 0.1) is 5.69 Å². The molecule has 0 bridgehead atoms. The number of nitrogens with one attached hydrogen (secondary N) is 2. The maximum absolute atomic E-state index is 12.3. The van der Waals surface area contributed by atoms with Crippen LogP contribution in [0, 0.1) is 5.92 Å². The molecule has 0 saturated carbocycles. The zero-order valence-electron chi connectivity index (χ0n) is 15.2. The van der Waals surface area contributed by atoms with Crippen molar-refractivity contribution >= 4 is 28.3 Å². The van der Waals surface area contributed by atoms with E-state index in [0.717, 1.165) is 24.5 Å². The Kier molecular flexibility index (Phi) is 6.04. The summed E-state index contributed by atoms with van der Waals surface area (Å²) in [6.45, 7) is 4.06. The predicted molar refractivity (Wildman–Crippen MR) is 105 cm³/mol. The number of fused-ring (bicyclic) bond motifs is 1. The van der Waals surface area contributed by atoms with Crippen LogP contribution in [0.15, 0.2) is 30.3 Å². The SMILES string of the molecule is CCC1CCc2nc(NC(=O)CC(C)NC(=O)c3ccccc3)sc2C1. The number of rotatable bonds is 6. The summed E-state index contributed by atoms with van der Waals surface area (Å²) in [5.41, 5.74) is 1.73. The largest absolute Gasteiger partial charge is 0.349 e. The molecule has 2 aromatic rings. The molecule has 0 aliphatic heterocycles. The summed E-state index contributed by atoms with van der Waals surface area (Å²) in [4.78, 5) is 30.3. The van der Waals surface area contributed by atoms with Gasteiger partial charge in [0.1, 0.15) is 0 Å². The fraction of sp³-hybridized carbons (Fsp3) is 0.450. The van der Waals surface area contributed by atoms with Gasteiger partial charge in [-0.25, -0.2) is 4.98 Å². The van der Waals surface area contributed by atoms with Crippen molar-refractivity contribution in [3.05, 3.63) is 46.5 Å². The van der Waals surface area contributed by atoms with Crippen molar-refractivity contribution < 1.29 is 9.59 Å². The first-order valence-corrected chi connectivity index (χ1v) is 10.0. The molecule has 2 amide bonds. The molecule has 5 nitrogen and oxygen atoms in total. The summed E-state index contributed by atoms with van der Waals surface area (Å²) in [5, 5.41) is 6.43. The number of amides is 2. The second-order valence-electron chi connectivity index (χ2n) is 6.90. The summed E-state index contributed by atoms with van der Waals surface area (Å²) in [6.07, 6.45) is 4.67. The smallest absolute Gasteiger partial charge is 0.251 e. The second kappa shape index (κ2) is 8.45. The lowest BCUT2D eigenvalue weighted by atomic mass is 9.89. The van der Waals surface area contributed by atoms with Gasteiger partial charge in [0.15, 0.2) is 5.13 Å². The predicted octanol–water partition coefficient (Wildman–Crippen LogP) is 3.81. The van der Waals surface area contributed by atoms with Gasteiger partial charge in [-0.1, -0.05) is 31.5 Å². The van der Waals surface area contributed by atoms with Gasteiger partial charge in [0.2, 0.25) is 5.91 Å². The summed E-state index contributed by atoms with van der Waals surface area (Å²) in [6, 6.07) is 8.77. The van der Waals surface area contributed by atoms with Crippen LogP contribution in [0.5, 0.6) is 0 Å². The van der Waals surface area contributed by atoms with Gasteiger partial charge in [-0.15, -0.1) is 11.3 Å². The molecule has 0 spiro atoms. The molecule has 26 heavy (non-hydrogen) atoms. The quantitative estimate of drug-likeness (QED) is 0.811. The maximum Gasteiger partial charge on any atom is 0.251 e.